The van der Waals surface area contributed by atoms with E-state index in [0.717, 1.165) is 25.7 Å². The highest BCUT2D eigenvalue weighted by atomic mass is 32.2. The molecule has 4 saturated carbocycles. The fourth-order valence-corrected chi connectivity index (χ4v) is 9.21. The highest BCUT2D eigenvalue weighted by molar-refractivity contribution is 7.89. The summed E-state index contributed by atoms with van der Waals surface area (Å²) in [6.07, 6.45) is 7.67. The number of carbonyl (C=O) groups excluding carboxylic acids is 2. The maximum Gasteiger partial charge on any atom is 0.338 e. The summed E-state index contributed by atoms with van der Waals surface area (Å²) in [7, 11) is -3.59. The zero-order chi connectivity index (χ0) is 23.4. The Morgan fingerprint density at radius 3 is 1.94 bits per heavy atom. The van der Waals surface area contributed by atoms with Crippen LogP contribution in [0.1, 0.15) is 69.2 Å². The quantitative estimate of drug-likeness (QED) is 0.576. The molecule has 0 radical (unpaired) electrons. The van der Waals surface area contributed by atoms with E-state index in [1.54, 1.807) is 4.31 Å². The second-order valence-electron chi connectivity index (χ2n) is 11.5. The summed E-state index contributed by atoms with van der Waals surface area (Å²) in [5, 5.41) is 0. The number of sulfonamides is 1. The highest BCUT2D eigenvalue weighted by Gasteiger charge is 2.54. The summed E-state index contributed by atoms with van der Waals surface area (Å²) >= 11 is 0. The minimum Gasteiger partial charge on any atom is -0.454 e. The van der Waals surface area contributed by atoms with Crippen molar-refractivity contribution in [3.63, 3.8) is 0 Å². The van der Waals surface area contributed by atoms with Crippen molar-refractivity contribution in [1.29, 1.82) is 0 Å². The van der Waals surface area contributed by atoms with Gasteiger partial charge in [0.2, 0.25) is 10.0 Å². The maximum atomic E-state index is 13.1. The number of nitrogens with zero attached hydrogens (tertiary/aromatic N) is 1. The Morgan fingerprint density at radius 2 is 1.42 bits per heavy atom. The zero-order valence-corrected chi connectivity index (χ0v) is 20.5. The zero-order valence-electron chi connectivity index (χ0n) is 19.7. The second-order valence-corrected chi connectivity index (χ2v) is 13.4. The molecule has 1 saturated heterocycles. The molecule has 0 spiro atoms. The normalized spacial score (nSPS) is 36.0. The minimum atomic E-state index is -3.59. The minimum absolute atomic E-state index is 0.0717. The van der Waals surface area contributed by atoms with Crippen LogP contribution >= 0.6 is 0 Å². The lowest BCUT2D eigenvalue weighted by Crippen LogP contribution is -2.51. The Kier molecular flexibility index (Phi) is 5.93. The third kappa shape index (κ3) is 4.39. The van der Waals surface area contributed by atoms with Crippen molar-refractivity contribution in [3.8, 4) is 0 Å². The molecular weight excluding hydrogens is 438 g/mol. The number of benzene rings is 1. The molecule has 4 bridgehead atoms. The molecule has 0 N–H and O–H groups in total. The van der Waals surface area contributed by atoms with E-state index in [9.17, 15) is 18.0 Å². The number of ether oxygens (including phenoxy) is 1. The van der Waals surface area contributed by atoms with Crippen molar-refractivity contribution in [2.45, 2.75) is 63.7 Å². The van der Waals surface area contributed by atoms with Crippen LogP contribution in [0.2, 0.25) is 0 Å². The van der Waals surface area contributed by atoms with Crippen molar-refractivity contribution in [2.75, 3.05) is 19.7 Å². The Bertz CT molecular complexity index is 986. The SMILES string of the molecule is CC1CC(C)CN(S(=O)(=O)c2ccc(C(=O)OCC(=O)C34CC5CC(CC(C5)C3)C4)cc2)C1. The summed E-state index contributed by atoms with van der Waals surface area (Å²) < 4.78 is 33.0. The van der Waals surface area contributed by atoms with Crippen LogP contribution in [0.3, 0.4) is 0 Å². The van der Waals surface area contributed by atoms with Gasteiger partial charge in [-0.25, -0.2) is 13.2 Å². The number of hydrogen-bond donors (Lipinski definition) is 0. The van der Waals surface area contributed by atoms with Gasteiger partial charge in [-0.2, -0.15) is 4.31 Å². The van der Waals surface area contributed by atoms with Crippen LogP contribution in [0.15, 0.2) is 29.2 Å². The summed E-state index contributed by atoms with van der Waals surface area (Å²) in [6, 6.07) is 5.91. The molecule has 7 heteroatoms. The molecule has 1 aliphatic heterocycles. The van der Waals surface area contributed by atoms with Gasteiger partial charge >= 0.3 is 5.97 Å². The molecular formula is C26H35NO5S. The van der Waals surface area contributed by atoms with Crippen molar-refractivity contribution < 1.29 is 22.7 Å². The van der Waals surface area contributed by atoms with E-state index in [4.69, 9.17) is 4.74 Å². The number of rotatable bonds is 6. The molecule has 4 aliphatic carbocycles. The number of piperidine rings is 1. The van der Waals surface area contributed by atoms with Crippen LogP contribution in [0, 0.1) is 35.0 Å². The smallest absolute Gasteiger partial charge is 0.338 e. The van der Waals surface area contributed by atoms with Crippen LogP contribution in [0.5, 0.6) is 0 Å². The van der Waals surface area contributed by atoms with E-state index in [1.165, 1.54) is 43.5 Å². The number of hydrogen-bond acceptors (Lipinski definition) is 5. The first-order valence-corrected chi connectivity index (χ1v) is 13.9. The van der Waals surface area contributed by atoms with Crippen molar-refractivity contribution in [3.05, 3.63) is 29.8 Å². The molecule has 5 fully saturated rings. The van der Waals surface area contributed by atoms with E-state index >= 15 is 0 Å². The van der Waals surface area contributed by atoms with E-state index in [1.807, 2.05) is 0 Å². The number of carbonyl (C=O) groups is 2. The van der Waals surface area contributed by atoms with Gasteiger partial charge < -0.3 is 4.74 Å². The first kappa shape index (κ1) is 23.0. The summed E-state index contributed by atoms with van der Waals surface area (Å²) in [6.45, 7) is 4.99. The first-order valence-electron chi connectivity index (χ1n) is 12.5. The van der Waals surface area contributed by atoms with Gasteiger partial charge in [0.05, 0.1) is 10.5 Å². The fourth-order valence-electron chi connectivity index (χ4n) is 7.53. The second kappa shape index (κ2) is 8.49. The number of Topliss-reactive ketones (excluding diaryl/α,β-unsaturated/α-hetero) is 1. The predicted octanol–water partition coefficient (Wildman–Crippen LogP) is 4.30. The van der Waals surface area contributed by atoms with Gasteiger partial charge in [0, 0.05) is 18.5 Å². The van der Waals surface area contributed by atoms with Gasteiger partial charge in [-0.3, -0.25) is 4.79 Å². The van der Waals surface area contributed by atoms with Gasteiger partial charge in [-0.15, -0.1) is 0 Å². The molecule has 6 rings (SSSR count). The van der Waals surface area contributed by atoms with E-state index < -0.39 is 16.0 Å². The Balaban J connectivity index is 1.21. The largest absolute Gasteiger partial charge is 0.454 e. The van der Waals surface area contributed by atoms with E-state index in [2.05, 4.69) is 13.8 Å². The summed E-state index contributed by atoms with van der Waals surface area (Å²) in [5.41, 5.74) is -0.0111. The molecule has 5 aliphatic rings. The predicted molar refractivity (Wildman–Crippen MR) is 124 cm³/mol. The number of esters is 1. The Labute approximate surface area is 197 Å². The van der Waals surface area contributed by atoms with Crippen LogP contribution in [-0.4, -0.2) is 44.2 Å². The average molecular weight is 474 g/mol. The van der Waals surface area contributed by atoms with Gasteiger partial charge in [0.1, 0.15) is 0 Å². The van der Waals surface area contributed by atoms with Crippen molar-refractivity contribution in [1.82, 2.24) is 4.31 Å². The first-order chi connectivity index (χ1) is 15.6. The van der Waals surface area contributed by atoms with Crippen LogP contribution in [-0.2, 0) is 19.6 Å². The highest BCUT2D eigenvalue weighted by Crippen LogP contribution is 2.60. The molecule has 0 amide bonds. The summed E-state index contributed by atoms with van der Waals surface area (Å²) in [5.74, 6) is 2.14. The fraction of sp³-hybridized carbons (Fsp3) is 0.692. The lowest BCUT2D eigenvalue weighted by Gasteiger charge is -2.55. The monoisotopic (exact) mass is 473 g/mol. The molecule has 0 aromatic heterocycles. The lowest BCUT2D eigenvalue weighted by atomic mass is 9.48. The van der Waals surface area contributed by atoms with Crippen LogP contribution in [0.4, 0.5) is 0 Å². The molecule has 2 unspecified atom stereocenters. The molecule has 1 aromatic rings. The third-order valence-corrected chi connectivity index (χ3v) is 10.4. The van der Waals surface area contributed by atoms with Crippen molar-refractivity contribution >= 4 is 21.8 Å². The van der Waals surface area contributed by atoms with E-state index in [0.29, 0.717) is 42.7 Å². The topological polar surface area (TPSA) is 80.8 Å². The van der Waals surface area contributed by atoms with Crippen LogP contribution < -0.4 is 0 Å². The van der Waals surface area contributed by atoms with Gasteiger partial charge in [-0.05, 0) is 98.8 Å². The Hall–Kier alpha value is -1.73. The van der Waals surface area contributed by atoms with Gasteiger partial charge in [0.15, 0.2) is 12.4 Å². The van der Waals surface area contributed by atoms with E-state index in [-0.39, 0.29) is 28.3 Å². The molecule has 6 nitrogen and oxygen atoms in total. The Morgan fingerprint density at radius 1 is 0.909 bits per heavy atom. The van der Waals surface area contributed by atoms with Crippen molar-refractivity contribution in [2.24, 2.45) is 35.0 Å². The molecule has 2 atom stereocenters. The van der Waals surface area contributed by atoms with Gasteiger partial charge in [0.25, 0.3) is 0 Å². The molecule has 180 valence electrons. The third-order valence-electron chi connectivity index (χ3n) is 8.53. The molecule has 33 heavy (non-hydrogen) atoms. The average Bonchev–Trinajstić information content (AvgIpc) is 2.75. The molecule has 1 heterocycles. The maximum absolute atomic E-state index is 13.1. The number of ketones is 1. The summed E-state index contributed by atoms with van der Waals surface area (Å²) in [4.78, 5) is 25.9. The lowest BCUT2D eigenvalue weighted by molar-refractivity contribution is -0.147. The standard InChI is InChI=1S/C26H35NO5S/c1-17-7-18(2)15-27(14-17)33(30,31)23-5-3-22(4-6-23)25(29)32-16-24(28)26-11-19-8-20(12-26)10-21(9-19)13-26/h3-6,17-21H,7-16H2,1-2H3. The van der Waals surface area contributed by atoms with Crippen LogP contribution in [0.25, 0.3) is 0 Å². The molecule has 1 aromatic carbocycles. The van der Waals surface area contributed by atoms with Gasteiger partial charge in [-0.1, -0.05) is 13.8 Å².